The summed E-state index contributed by atoms with van der Waals surface area (Å²) in [6, 6.07) is 8.20. The standard InChI is InChI=1S/C28H27ClF2N4O2S/c1-27(2,3)37-26(36)35-14-28(15-35)9-11-34(12-10-28)25-18-13-32-23(22(31)24(18)33-38-25)17-6-4-5-16-7-8-19(30)21(29)20(16)17/h4-8,13H,9-12,14-15H2,1-3H3. The Kier molecular flexibility index (Phi) is 5.99. The number of carbonyl (C=O) groups is 1. The SMILES string of the molecule is CC(C)(C)OC(=O)N1CC2(CCN(c3snc4c(F)c(-c5cccc6ccc(F)c(Cl)c56)ncc34)CC2)C1. The van der Waals surface area contributed by atoms with Crippen LogP contribution in [-0.2, 0) is 4.74 Å². The number of halogens is 3. The molecule has 2 aromatic carbocycles. The van der Waals surface area contributed by atoms with Gasteiger partial charge in [0, 0.05) is 48.7 Å². The van der Waals surface area contributed by atoms with Crippen LogP contribution in [0.15, 0.2) is 36.5 Å². The summed E-state index contributed by atoms with van der Waals surface area (Å²) in [5.74, 6) is -1.11. The third kappa shape index (κ3) is 4.25. The van der Waals surface area contributed by atoms with Crippen LogP contribution in [0.5, 0.6) is 0 Å². The van der Waals surface area contributed by atoms with E-state index in [1.54, 1.807) is 35.4 Å². The number of anilines is 1. The first-order chi connectivity index (χ1) is 18.1. The molecule has 10 heteroatoms. The second-order valence-electron chi connectivity index (χ2n) is 11.3. The first-order valence-corrected chi connectivity index (χ1v) is 13.7. The fraction of sp³-hybridized carbons (Fsp3) is 0.393. The smallest absolute Gasteiger partial charge is 0.410 e. The van der Waals surface area contributed by atoms with Gasteiger partial charge in [-0.05, 0) is 56.6 Å². The molecule has 198 valence electrons. The van der Waals surface area contributed by atoms with Crippen molar-refractivity contribution < 1.29 is 18.3 Å². The summed E-state index contributed by atoms with van der Waals surface area (Å²) >= 11 is 7.54. The summed E-state index contributed by atoms with van der Waals surface area (Å²) in [5, 5.41) is 2.63. The van der Waals surface area contributed by atoms with Gasteiger partial charge in [-0.15, -0.1) is 0 Å². The van der Waals surface area contributed by atoms with E-state index in [1.165, 1.54) is 17.6 Å². The number of piperidine rings is 1. The molecule has 0 saturated carbocycles. The molecule has 0 aliphatic carbocycles. The van der Waals surface area contributed by atoms with Crippen LogP contribution in [0, 0.1) is 17.0 Å². The van der Waals surface area contributed by atoms with Gasteiger partial charge in [0.2, 0.25) is 0 Å². The number of benzene rings is 2. The Bertz CT molecular complexity index is 1570. The highest BCUT2D eigenvalue weighted by atomic mass is 35.5. The third-order valence-corrected chi connectivity index (χ3v) is 8.75. The summed E-state index contributed by atoms with van der Waals surface area (Å²) in [7, 11) is 0. The predicted molar refractivity (Wildman–Crippen MR) is 147 cm³/mol. The predicted octanol–water partition coefficient (Wildman–Crippen LogP) is 7.28. The quantitative estimate of drug-likeness (QED) is 0.260. The van der Waals surface area contributed by atoms with Gasteiger partial charge in [-0.2, -0.15) is 4.37 Å². The van der Waals surface area contributed by atoms with Crippen molar-refractivity contribution in [2.45, 2.75) is 39.2 Å². The number of aromatic nitrogens is 2. The van der Waals surface area contributed by atoms with Gasteiger partial charge in [0.05, 0.1) is 10.4 Å². The number of fused-ring (bicyclic) bond motifs is 2. The molecule has 2 saturated heterocycles. The fourth-order valence-corrected chi connectivity index (χ4v) is 6.68. The van der Waals surface area contributed by atoms with Crippen molar-refractivity contribution in [3.63, 3.8) is 0 Å². The number of amides is 1. The number of rotatable bonds is 2. The Morgan fingerprint density at radius 2 is 1.87 bits per heavy atom. The number of pyridine rings is 1. The summed E-state index contributed by atoms with van der Waals surface area (Å²) in [6.07, 6.45) is 3.25. The van der Waals surface area contributed by atoms with Crippen LogP contribution in [0.25, 0.3) is 32.9 Å². The van der Waals surface area contributed by atoms with E-state index >= 15 is 4.39 Å². The second-order valence-corrected chi connectivity index (χ2v) is 12.4. The molecular formula is C28H27ClF2N4O2S. The number of hydrogen-bond acceptors (Lipinski definition) is 6. The average molecular weight is 557 g/mol. The van der Waals surface area contributed by atoms with E-state index in [9.17, 15) is 9.18 Å². The highest BCUT2D eigenvalue weighted by Gasteiger charge is 2.48. The molecule has 0 radical (unpaired) electrons. The minimum absolute atomic E-state index is 0.0539. The Balaban J connectivity index is 1.22. The molecule has 1 spiro atoms. The molecule has 2 aliphatic heterocycles. The molecular weight excluding hydrogens is 530 g/mol. The topological polar surface area (TPSA) is 58.6 Å². The largest absolute Gasteiger partial charge is 0.444 e. The van der Waals surface area contributed by atoms with Crippen LogP contribution < -0.4 is 4.90 Å². The lowest BCUT2D eigenvalue weighted by Gasteiger charge is -2.53. The molecule has 0 unspecified atom stereocenters. The van der Waals surface area contributed by atoms with Crippen LogP contribution in [0.3, 0.4) is 0 Å². The van der Waals surface area contributed by atoms with E-state index in [0.29, 0.717) is 34.8 Å². The van der Waals surface area contributed by atoms with Crippen molar-refractivity contribution in [2.75, 3.05) is 31.1 Å². The maximum absolute atomic E-state index is 15.8. The lowest BCUT2D eigenvalue weighted by molar-refractivity contribution is -0.0433. The van der Waals surface area contributed by atoms with Gasteiger partial charge < -0.3 is 14.5 Å². The summed E-state index contributed by atoms with van der Waals surface area (Å²) in [5.41, 5.74) is 0.380. The molecule has 1 amide bonds. The molecule has 4 heterocycles. The molecule has 0 N–H and O–H groups in total. The zero-order valence-corrected chi connectivity index (χ0v) is 22.9. The van der Waals surface area contributed by atoms with Gasteiger partial charge in [0.1, 0.15) is 27.6 Å². The highest BCUT2D eigenvalue weighted by molar-refractivity contribution is 7.11. The zero-order valence-electron chi connectivity index (χ0n) is 21.4. The van der Waals surface area contributed by atoms with Gasteiger partial charge in [-0.1, -0.05) is 35.9 Å². The monoisotopic (exact) mass is 556 g/mol. The van der Waals surface area contributed by atoms with Gasteiger partial charge >= 0.3 is 6.09 Å². The summed E-state index contributed by atoms with van der Waals surface area (Å²) < 4.78 is 40.0. The number of likely N-dealkylation sites (tertiary alicyclic amines) is 1. The normalized spacial score (nSPS) is 17.3. The van der Waals surface area contributed by atoms with Crippen molar-refractivity contribution in [3.05, 3.63) is 53.2 Å². The van der Waals surface area contributed by atoms with Crippen molar-refractivity contribution in [1.29, 1.82) is 0 Å². The Hall–Kier alpha value is -3.04. The molecule has 38 heavy (non-hydrogen) atoms. The Labute approximate surface area is 228 Å². The molecule has 2 aromatic heterocycles. The van der Waals surface area contributed by atoms with Gasteiger partial charge in [-0.25, -0.2) is 13.6 Å². The van der Waals surface area contributed by atoms with Crippen LogP contribution in [0.4, 0.5) is 18.6 Å². The minimum Gasteiger partial charge on any atom is -0.444 e. The van der Waals surface area contributed by atoms with E-state index in [1.807, 2.05) is 20.8 Å². The maximum Gasteiger partial charge on any atom is 0.410 e. The first-order valence-electron chi connectivity index (χ1n) is 12.6. The van der Waals surface area contributed by atoms with Gasteiger partial charge in [-0.3, -0.25) is 4.98 Å². The Morgan fingerprint density at radius 1 is 1.13 bits per heavy atom. The lowest BCUT2D eigenvalue weighted by atomic mass is 9.72. The molecule has 6 nitrogen and oxygen atoms in total. The first kappa shape index (κ1) is 25.2. The Morgan fingerprint density at radius 3 is 2.58 bits per heavy atom. The van der Waals surface area contributed by atoms with Crippen LogP contribution in [0.1, 0.15) is 33.6 Å². The number of carbonyl (C=O) groups excluding carboxylic acids is 1. The summed E-state index contributed by atoms with van der Waals surface area (Å²) in [4.78, 5) is 20.8. The highest BCUT2D eigenvalue weighted by Crippen LogP contribution is 2.44. The number of hydrogen-bond donors (Lipinski definition) is 0. The molecule has 2 aliphatic rings. The van der Waals surface area contributed by atoms with E-state index in [4.69, 9.17) is 16.3 Å². The van der Waals surface area contributed by atoms with Gasteiger partial charge in [0.15, 0.2) is 5.82 Å². The van der Waals surface area contributed by atoms with Crippen molar-refractivity contribution in [2.24, 2.45) is 5.41 Å². The molecule has 0 bridgehead atoms. The maximum atomic E-state index is 15.8. The third-order valence-electron chi connectivity index (χ3n) is 7.45. The van der Waals surface area contributed by atoms with Crippen molar-refractivity contribution in [3.8, 4) is 11.3 Å². The van der Waals surface area contributed by atoms with Crippen LogP contribution in [0.2, 0.25) is 5.02 Å². The van der Waals surface area contributed by atoms with E-state index < -0.39 is 17.2 Å². The van der Waals surface area contributed by atoms with E-state index in [0.717, 1.165) is 30.9 Å². The van der Waals surface area contributed by atoms with Crippen LogP contribution in [-0.4, -0.2) is 52.1 Å². The fourth-order valence-electron chi connectivity index (χ4n) is 5.50. The van der Waals surface area contributed by atoms with E-state index in [2.05, 4.69) is 14.3 Å². The van der Waals surface area contributed by atoms with E-state index in [-0.39, 0.29) is 27.7 Å². The van der Waals surface area contributed by atoms with Crippen molar-refractivity contribution >= 4 is 55.9 Å². The number of nitrogens with zero attached hydrogens (tertiary/aromatic N) is 4. The summed E-state index contributed by atoms with van der Waals surface area (Å²) in [6.45, 7) is 8.60. The van der Waals surface area contributed by atoms with Gasteiger partial charge in [0.25, 0.3) is 0 Å². The number of ether oxygens (including phenoxy) is 1. The molecule has 6 rings (SSSR count). The molecule has 0 atom stereocenters. The average Bonchev–Trinajstić information content (AvgIpc) is 3.29. The van der Waals surface area contributed by atoms with Crippen molar-refractivity contribution in [1.82, 2.24) is 14.3 Å². The molecule has 2 fully saturated rings. The molecule has 4 aromatic rings. The minimum atomic E-state index is -0.562. The van der Waals surface area contributed by atoms with Crippen LogP contribution >= 0.6 is 23.1 Å². The lowest BCUT2D eigenvalue weighted by Crippen LogP contribution is -2.62. The zero-order chi connectivity index (χ0) is 26.8. The second kappa shape index (κ2) is 9.02.